The number of carbonyl (C=O) groups is 2. The van der Waals surface area contributed by atoms with Crippen LogP contribution < -0.4 is 0 Å². The first-order valence-electron chi connectivity index (χ1n) is 18.8. The van der Waals surface area contributed by atoms with Crippen LogP contribution in [0.4, 0.5) is 0 Å². The van der Waals surface area contributed by atoms with E-state index in [1.54, 1.807) is 0 Å². The summed E-state index contributed by atoms with van der Waals surface area (Å²) in [5.41, 5.74) is 0. The van der Waals surface area contributed by atoms with Gasteiger partial charge in [-0.25, -0.2) is 0 Å². The minimum Gasteiger partial charge on any atom is -0.462 e. The molecule has 1 unspecified atom stereocenters. The van der Waals surface area contributed by atoms with E-state index in [0.29, 0.717) is 12.8 Å². The zero-order valence-corrected chi connectivity index (χ0v) is 30.5. The Labute approximate surface area is 294 Å². The summed E-state index contributed by atoms with van der Waals surface area (Å²) >= 11 is 0. The number of carbonyl (C=O) groups excluding carboxylic acids is 2. The lowest BCUT2D eigenvalue weighted by Crippen LogP contribution is -2.28. The molecule has 0 aromatic carbocycles. The SMILES string of the molecule is CCC=CCC=CCC=CCC=CCC=CCC=CCCC(=O)OCC(CO)OC(=O)CCCCCCCC=CCC=CCCCCC. The fourth-order valence-electron chi connectivity index (χ4n) is 4.55. The van der Waals surface area contributed by atoms with Crippen molar-refractivity contribution in [3.8, 4) is 0 Å². The maximum absolute atomic E-state index is 12.1. The van der Waals surface area contributed by atoms with Gasteiger partial charge in [-0.1, -0.05) is 143 Å². The van der Waals surface area contributed by atoms with E-state index < -0.39 is 6.10 Å². The Morgan fingerprint density at radius 2 is 0.938 bits per heavy atom. The third kappa shape index (κ3) is 35.7. The summed E-state index contributed by atoms with van der Waals surface area (Å²) in [7, 11) is 0. The van der Waals surface area contributed by atoms with Gasteiger partial charge in [0.1, 0.15) is 6.61 Å². The maximum atomic E-state index is 12.1. The van der Waals surface area contributed by atoms with E-state index >= 15 is 0 Å². The van der Waals surface area contributed by atoms with Crippen molar-refractivity contribution in [2.45, 2.75) is 148 Å². The molecule has 1 atom stereocenters. The average molecular weight is 665 g/mol. The number of aliphatic hydroxyl groups excluding tert-OH is 1. The van der Waals surface area contributed by atoms with Crippen LogP contribution in [0.25, 0.3) is 0 Å². The van der Waals surface area contributed by atoms with Crippen molar-refractivity contribution in [2.24, 2.45) is 0 Å². The molecule has 0 saturated carbocycles. The normalized spacial score (nSPS) is 13.3. The van der Waals surface area contributed by atoms with Gasteiger partial charge in [-0.2, -0.15) is 0 Å². The minimum absolute atomic E-state index is 0.118. The largest absolute Gasteiger partial charge is 0.462 e. The standard InChI is InChI=1S/C43H68O5/c1-3-5-7-9-11-13-15-17-19-20-21-22-24-25-27-29-31-33-35-37-42(45)47-40-41(39-44)48-43(46)38-36-34-32-30-28-26-23-18-16-14-12-10-8-6-4-2/h5,7,11-14,17-19,21-23,25,27,31,33,41,44H,3-4,6,8-10,15-16,20,24,26,28-30,32,34-40H2,1-2H3. The molecule has 0 heterocycles. The quantitative estimate of drug-likeness (QED) is 0.0440. The smallest absolute Gasteiger partial charge is 0.306 e. The van der Waals surface area contributed by atoms with E-state index in [9.17, 15) is 14.7 Å². The van der Waals surface area contributed by atoms with Crippen LogP contribution in [-0.2, 0) is 19.1 Å². The zero-order valence-electron chi connectivity index (χ0n) is 30.5. The number of aliphatic hydroxyl groups is 1. The number of ether oxygens (including phenoxy) is 2. The summed E-state index contributed by atoms with van der Waals surface area (Å²) in [6.07, 6.45) is 53.3. The first kappa shape index (κ1) is 44.8. The molecule has 0 aromatic rings. The summed E-state index contributed by atoms with van der Waals surface area (Å²) in [6.45, 7) is 3.89. The molecule has 0 radical (unpaired) electrons. The Morgan fingerprint density at radius 3 is 1.44 bits per heavy atom. The predicted octanol–water partition coefficient (Wildman–Crippen LogP) is 11.7. The monoisotopic (exact) mass is 665 g/mol. The van der Waals surface area contributed by atoms with Gasteiger partial charge in [-0.15, -0.1) is 0 Å². The molecule has 5 nitrogen and oxygen atoms in total. The van der Waals surface area contributed by atoms with E-state index in [4.69, 9.17) is 9.47 Å². The summed E-state index contributed by atoms with van der Waals surface area (Å²) < 4.78 is 10.5. The molecule has 0 bridgehead atoms. The third-order valence-corrected chi connectivity index (χ3v) is 7.38. The van der Waals surface area contributed by atoms with E-state index in [0.717, 1.165) is 77.0 Å². The molecule has 0 spiro atoms. The van der Waals surface area contributed by atoms with E-state index in [-0.39, 0.29) is 31.6 Å². The van der Waals surface area contributed by atoms with Gasteiger partial charge < -0.3 is 14.6 Å². The molecule has 0 saturated heterocycles. The van der Waals surface area contributed by atoms with Crippen LogP contribution in [0, 0.1) is 0 Å². The van der Waals surface area contributed by atoms with Crippen LogP contribution in [-0.4, -0.2) is 36.4 Å². The molecule has 270 valence electrons. The second-order valence-corrected chi connectivity index (χ2v) is 11.9. The highest BCUT2D eigenvalue weighted by molar-refractivity contribution is 5.70. The third-order valence-electron chi connectivity index (χ3n) is 7.38. The molecule has 0 fully saturated rings. The molecular weight excluding hydrogens is 596 g/mol. The molecule has 0 aliphatic heterocycles. The van der Waals surface area contributed by atoms with Crippen molar-refractivity contribution < 1.29 is 24.2 Å². The Hall–Kier alpha value is -3.18. The first-order chi connectivity index (χ1) is 23.6. The van der Waals surface area contributed by atoms with Crippen molar-refractivity contribution in [2.75, 3.05) is 13.2 Å². The maximum Gasteiger partial charge on any atom is 0.306 e. The molecule has 0 aliphatic rings. The van der Waals surface area contributed by atoms with E-state index in [2.05, 4.69) is 98.9 Å². The Balaban J connectivity index is 3.77. The lowest BCUT2D eigenvalue weighted by Gasteiger charge is -2.15. The van der Waals surface area contributed by atoms with Crippen LogP contribution in [0.5, 0.6) is 0 Å². The zero-order chi connectivity index (χ0) is 35.0. The van der Waals surface area contributed by atoms with Crippen LogP contribution in [0.1, 0.15) is 142 Å². The fraction of sp³-hybridized carbons (Fsp3) is 0.581. The van der Waals surface area contributed by atoms with Crippen molar-refractivity contribution >= 4 is 11.9 Å². The fourth-order valence-corrected chi connectivity index (χ4v) is 4.55. The second-order valence-electron chi connectivity index (χ2n) is 11.9. The van der Waals surface area contributed by atoms with E-state index in [1.165, 1.54) is 32.1 Å². The molecular formula is C43H68O5. The summed E-state index contributed by atoms with van der Waals surface area (Å²) in [6, 6.07) is 0. The molecule has 0 aromatic heterocycles. The van der Waals surface area contributed by atoms with Crippen LogP contribution in [0.2, 0.25) is 0 Å². The lowest BCUT2D eigenvalue weighted by molar-refractivity contribution is -0.161. The van der Waals surface area contributed by atoms with Crippen molar-refractivity contribution in [3.63, 3.8) is 0 Å². The summed E-state index contributed by atoms with van der Waals surface area (Å²) in [5.74, 6) is -0.716. The number of hydrogen-bond acceptors (Lipinski definition) is 5. The molecule has 0 amide bonds. The van der Waals surface area contributed by atoms with Crippen molar-refractivity contribution in [1.29, 1.82) is 0 Å². The van der Waals surface area contributed by atoms with Gasteiger partial charge in [-0.05, 0) is 83.5 Å². The number of esters is 2. The highest BCUT2D eigenvalue weighted by atomic mass is 16.6. The predicted molar refractivity (Wildman–Crippen MR) is 205 cm³/mol. The van der Waals surface area contributed by atoms with Crippen LogP contribution in [0.3, 0.4) is 0 Å². The van der Waals surface area contributed by atoms with Crippen LogP contribution in [0.15, 0.2) is 97.2 Å². The molecule has 5 heteroatoms. The highest BCUT2D eigenvalue weighted by Crippen LogP contribution is 2.10. The van der Waals surface area contributed by atoms with E-state index in [1.807, 2.05) is 12.2 Å². The van der Waals surface area contributed by atoms with Crippen LogP contribution >= 0.6 is 0 Å². The Morgan fingerprint density at radius 1 is 0.500 bits per heavy atom. The first-order valence-corrected chi connectivity index (χ1v) is 18.8. The lowest BCUT2D eigenvalue weighted by atomic mass is 10.1. The number of rotatable bonds is 32. The second kappa shape index (κ2) is 38.3. The number of allylic oxidation sites excluding steroid dienone is 16. The molecule has 0 rings (SSSR count). The topological polar surface area (TPSA) is 72.8 Å². The summed E-state index contributed by atoms with van der Waals surface area (Å²) in [4.78, 5) is 24.2. The van der Waals surface area contributed by atoms with Gasteiger partial charge in [0.05, 0.1) is 6.61 Å². The number of hydrogen-bond donors (Lipinski definition) is 1. The van der Waals surface area contributed by atoms with Gasteiger partial charge in [0.2, 0.25) is 0 Å². The van der Waals surface area contributed by atoms with Gasteiger partial charge in [-0.3, -0.25) is 9.59 Å². The van der Waals surface area contributed by atoms with Gasteiger partial charge in [0.25, 0.3) is 0 Å². The Bertz CT molecular complexity index is 979. The minimum atomic E-state index is -0.815. The van der Waals surface area contributed by atoms with Crippen molar-refractivity contribution in [1.82, 2.24) is 0 Å². The molecule has 1 N–H and O–H groups in total. The summed E-state index contributed by atoms with van der Waals surface area (Å²) in [5, 5.41) is 9.53. The average Bonchev–Trinajstić information content (AvgIpc) is 3.09. The number of unbranched alkanes of at least 4 members (excludes halogenated alkanes) is 8. The van der Waals surface area contributed by atoms with Gasteiger partial charge in [0.15, 0.2) is 6.10 Å². The van der Waals surface area contributed by atoms with Gasteiger partial charge in [0, 0.05) is 12.8 Å². The van der Waals surface area contributed by atoms with Crippen molar-refractivity contribution in [3.05, 3.63) is 97.2 Å². The van der Waals surface area contributed by atoms with Gasteiger partial charge >= 0.3 is 11.9 Å². The Kier molecular flexibility index (Phi) is 35.7. The highest BCUT2D eigenvalue weighted by Gasteiger charge is 2.15. The molecule has 0 aliphatic carbocycles. The molecule has 48 heavy (non-hydrogen) atoms.